The molecule has 0 radical (unpaired) electrons. The van der Waals surface area contributed by atoms with Crippen LogP contribution in [0, 0.1) is 13.8 Å². The molecule has 2 aromatic carbocycles. The van der Waals surface area contributed by atoms with E-state index < -0.39 is 11.7 Å². The maximum Gasteiger partial charge on any atom is 0.416 e. The van der Waals surface area contributed by atoms with Gasteiger partial charge in [0, 0.05) is 11.1 Å². The summed E-state index contributed by atoms with van der Waals surface area (Å²) in [5.74, 6) is 0.721. The smallest absolute Gasteiger partial charge is 0.338 e. The minimum absolute atomic E-state index is 0.109. The molecular weight excluding hydrogens is 425 g/mol. The first-order valence-corrected chi connectivity index (χ1v) is 10.3. The van der Waals surface area contributed by atoms with Gasteiger partial charge < -0.3 is 4.52 Å². The normalized spacial score (nSPS) is 11.6. The van der Waals surface area contributed by atoms with Gasteiger partial charge in [0.15, 0.2) is 0 Å². The molecule has 0 amide bonds. The highest BCUT2D eigenvalue weighted by Crippen LogP contribution is 2.32. The van der Waals surface area contributed by atoms with Crippen LogP contribution in [-0.4, -0.2) is 20.3 Å². The maximum absolute atomic E-state index is 12.9. The molecule has 31 heavy (non-hydrogen) atoms. The van der Waals surface area contributed by atoms with Gasteiger partial charge in [-0.3, -0.25) is 0 Å². The Balaban J connectivity index is 1.42. The van der Waals surface area contributed by atoms with Crippen molar-refractivity contribution in [3.05, 3.63) is 77.2 Å². The molecule has 0 saturated heterocycles. The fraction of sp³-hybridized carbons (Fsp3) is 0.182. The summed E-state index contributed by atoms with van der Waals surface area (Å²) >= 11 is 1.35. The van der Waals surface area contributed by atoms with Crippen molar-refractivity contribution in [3.63, 3.8) is 0 Å². The van der Waals surface area contributed by atoms with Gasteiger partial charge in [-0.1, -0.05) is 41.2 Å². The molecule has 158 valence electrons. The number of benzene rings is 2. The predicted molar refractivity (Wildman–Crippen MR) is 111 cm³/mol. The van der Waals surface area contributed by atoms with E-state index in [1.165, 1.54) is 35.0 Å². The number of halogens is 3. The molecule has 0 unspecified atom stereocenters. The highest BCUT2D eigenvalue weighted by molar-refractivity contribution is 7.98. The number of aromatic nitrogens is 4. The van der Waals surface area contributed by atoms with Crippen LogP contribution >= 0.6 is 11.8 Å². The second-order valence-corrected chi connectivity index (χ2v) is 7.93. The summed E-state index contributed by atoms with van der Waals surface area (Å²) < 4.78 is 43.8. The van der Waals surface area contributed by atoms with Crippen LogP contribution < -0.4 is 0 Å². The van der Waals surface area contributed by atoms with Gasteiger partial charge in [-0.2, -0.15) is 18.2 Å². The zero-order valence-corrected chi connectivity index (χ0v) is 17.5. The Bertz CT molecular complexity index is 1210. The molecule has 0 atom stereocenters. The van der Waals surface area contributed by atoms with Crippen molar-refractivity contribution in [1.29, 1.82) is 0 Å². The molecule has 0 aliphatic carbocycles. The fourth-order valence-corrected chi connectivity index (χ4v) is 3.50. The fourth-order valence-electron chi connectivity index (χ4n) is 2.85. The number of hydrogen-bond acceptors (Lipinski definition) is 6. The lowest BCUT2D eigenvalue weighted by Crippen LogP contribution is -2.04. The Hall–Kier alpha value is -3.20. The molecule has 0 saturated carbocycles. The topological polar surface area (TPSA) is 64.7 Å². The molecule has 0 aliphatic heterocycles. The van der Waals surface area contributed by atoms with E-state index in [0.717, 1.165) is 23.4 Å². The number of rotatable bonds is 5. The van der Waals surface area contributed by atoms with Crippen LogP contribution in [0.4, 0.5) is 13.2 Å². The number of aryl methyl sites for hydroxylation is 2. The van der Waals surface area contributed by atoms with Crippen LogP contribution in [0.25, 0.3) is 22.6 Å². The van der Waals surface area contributed by atoms with Crippen molar-refractivity contribution >= 4 is 11.8 Å². The van der Waals surface area contributed by atoms with Gasteiger partial charge in [-0.25, -0.2) is 0 Å². The summed E-state index contributed by atoms with van der Waals surface area (Å²) in [5.41, 5.74) is 3.66. The maximum atomic E-state index is 12.9. The first kappa shape index (κ1) is 21.0. The van der Waals surface area contributed by atoms with E-state index in [-0.39, 0.29) is 17.3 Å². The van der Waals surface area contributed by atoms with E-state index in [0.29, 0.717) is 10.8 Å². The Morgan fingerprint density at radius 3 is 2.45 bits per heavy atom. The van der Waals surface area contributed by atoms with Gasteiger partial charge >= 0.3 is 6.18 Å². The van der Waals surface area contributed by atoms with Crippen molar-refractivity contribution in [2.24, 2.45) is 0 Å². The van der Waals surface area contributed by atoms with Crippen LogP contribution in [0.5, 0.6) is 0 Å². The second kappa shape index (κ2) is 8.50. The molecular formula is C22H17F3N4OS. The van der Waals surface area contributed by atoms with Crippen LogP contribution in [0.15, 0.2) is 64.1 Å². The molecule has 5 nitrogen and oxygen atoms in total. The van der Waals surface area contributed by atoms with Crippen molar-refractivity contribution in [3.8, 4) is 22.6 Å². The van der Waals surface area contributed by atoms with Crippen LogP contribution in [0.3, 0.4) is 0 Å². The zero-order valence-electron chi connectivity index (χ0n) is 16.6. The van der Waals surface area contributed by atoms with Gasteiger partial charge in [0.2, 0.25) is 11.7 Å². The summed E-state index contributed by atoms with van der Waals surface area (Å²) in [4.78, 5) is 4.19. The first-order chi connectivity index (χ1) is 14.8. The lowest BCUT2D eigenvalue weighted by atomic mass is 10.0. The molecule has 0 fully saturated rings. The second-order valence-electron chi connectivity index (χ2n) is 6.93. The Morgan fingerprint density at radius 2 is 1.74 bits per heavy atom. The standard InChI is InChI=1S/C22H17F3N4OS/c1-13-6-7-15(10-14(13)2)18-8-9-20(28-27-18)31-12-19-26-21(29-30-19)16-4-3-5-17(11-16)22(23,24)25/h3-11H,12H2,1-2H3. The minimum atomic E-state index is -4.43. The SMILES string of the molecule is Cc1ccc(-c2ccc(SCc3nc(-c4cccc(C(F)(F)F)c4)no3)nn2)cc1C. The average molecular weight is 442 g/mol. The lowest BCUT2D eigenvalue weighted by molar-refractivity contribution is -0.137. The monoisotopic (exact) mass is 442 g/mol. The van der Waals surface area contributed by atoms with E-state index in [1.807, 2.05) is 24.3 Å². The first-order valence-electron chi connectivity index (χ1n) is 9.34. The third-order valence-corrected chi connectivity index (χ3v) is 5.61. The number of thioether (sulfide) groups is 1. The van der Waals surface area contributed by atoms with E-state index in [2.05, 4.69) is 40.3 Å². The van der Waals surface area contributed by atoms with Crippen LogP contribution in [0.2, 0.25) is 0 Å². The third-order valence-electron chi connectivity index (χ3n) is 4.70. The summed E-state index contributed by atoms with van der Waals surface area (Å²) in [6.45, 7) is 4.11. The quantitative estimate of drug-likeness (QED) is 0.347. The summed E-state index contributed by atoms with van der Waals surface area (Å²) in [7, 11) is 0. The highest BCUT2D eigenvalue weighted by atomic mass is 32.2. The number of hydrogen-bond donors (Lipinski definition) is 0. The lowest BCUT2D eigenvalue weighted by Gasteiger charge is -2.06. The molecule has 0 spiro atoms. The van der Waals surface area contributed by atoms with Gasteiger partial charge in [0.1, 0.15) is 5.03 Å². The van der Waals surface area contributed by atoms with Gasteiger partial charge in [0.05, 0.1) is 17.0 Å². The molecule has 4 rings (SSSR count). The molecule has 9 heteroatoms. The van der Waals surface area contributed by atoms with Crippen molar-refractivity contribution in [2.75, 3.05) is 0 Å². The third kappa shape index (κ3) is 4.93. The van der Waals surface area contributed by atoms with Crippen molar-refractivity contribution in [2.45, 2.75) is 30.8 Å². The summed E-state index contributed by atoms with van der Waals surface area (Å²) in [6, 6.07) is 14.7. The number of nitrogens with zero attached hydrogens (tertiary/aromatic N) is 4. The summed E-state index contributed by atoms with van der Waals surface area (Å²) in [6.07, 6.45) is -4.43. The van der Waals surface area contributed by atoms with Crippen molar-refractivity contribution < 1.29 is 17.7 Å². The van der Waals surface area contributed by atoms with Crippen LogP contribution in [0.1, 0.15) is 22.6 Å². The highest BCUT2D eigenvalue weighted by Gasteiger charge is 2.30. The van der Waals surface area contributed by atoms with Gasteiger partial charge in [0.25, 0.3) is 0 Å². The molecule has 2 heterocycles. The molecule has 0 aliphatic rings. The molecule has 0 N–H and O–H groups in total. The Labute approximate surface area is 180 Å². The van der Waals surface area contributed by atoms with E-state index in [9.17, 15) is 13.2 Å². The minimum Gasteiger partial charge on any atom is -0.338 e. The molecule has 0 bridgehead atoms. The Morgan fingerprint density at radius 1 is 0.903 bits per heavy atom. The largest absolute Gasteiger partial charge is 0.416 e. The van der Waals surface area contributed by atoms with Gasteiger partial charge in [-0.05, 0) is 55.3 Å². The van der Waals surface area contributed by atoms with Crippen LogP contribution in [-0.2, 0) is 11.9 Å². The predicted octanol–water partition coefficient (Wildman–Crippen LogP) is 6.12. The summed E-state index contributed by atoms with van der Waals surface area (Å²) in [5, 5.41) is 13.0. The number of alkyl halides is 3. The zero-order chi connectivity index (χ0) is 22.0. The Kier molecular flexibility index (Phi) is 5.77. The molecule has 2 aromatic heterocycles. The van der Waals surface area contributed by atoms with Gasteiger partial charge in [-0.15, -0.1) is 10.2 Å². The van der Waals surface area contributed by atoms with E-state index >= 15 is 0 Å². The average Bonchev–Trinajstić information content (AvgIpc) is 3.23. The van der Waals surface area contributed by atoms with Crippen molar-refractivity contribution in [1.82, 2.24) is 20.3 Å². The van der Waals surface area contributed by atoms with E-state index in [4.69, 9.17) is 4.52 Å². The van der Waals surface area contributed by atoms with E-state index in [1.54, 1.807) is 0 Å². The molecule has 4 aromatic rings.